The van der Waals surface area contributed by atoms with Gasteiger partial charge in [0.15, 0.2) is 0 Å². The number of halogens is 2. The molecular weight excluding hydrogens is 655 g/mol. The van der Waals surface area contributed by atoms with E-state index in [0.717, 1.165) is 10.8 Å². The topological polar surface area (TPSA) is 133 Å². The molecule has 0 saturated carbocycles. The Labute approximate surface area is 290 Å². The van der Waals surface area contributed by atoms with Gasteiger partial charge in [0.05, 0.1) is 11.6 Å². The van der Waals surface area contributed by atoms with Gasteiger partial charge in [0.1, 0.15) is 17.2 Å². The zero-order valence-electron chi connectivity index (χ0n) is 28.3. The maximum Gasteiger partial charge on any atom is 0.412 e. The first-order valence-electron chi connectivity index (χ1n) is 16.2. The molecule has 3 aromatic rings. The van der Waals surface area contributed by atoms with Crippen molar-refractivity contribution in [2.75, 3.05) is 51.7 Å². The number of ether oxygens (including phenoxy) is 2. The fourth-order valence-corrected chi connectivity index (χ4v) is 5.58. The number of benzene rings is 2. The van der Waals surface area contributed by atoms with Crippen LogP contribution in [0.5, 0.6) is 0 Å². The molecule has 49 heavy (non-hydrogen) atoms. The molecule has 12 nitrogen and oxygen atoms in total. The van der Waals surface area contributed by atoms with Gasteiger partial charge in [-0.3, -0.25) is 10.1 Å². The number of rotatable bonds is 11. The van der Waals surface area contributed by atoms with Crippen LogP contribution in [-0.2, 0) is 20.8 Å². The van der Waals surface area contributed by atoms with Crippen molar-refractivity contribution in [3.05, 3.63) is 71.1 Å². The number of nitrogens with one attached hydrogen (secondary N) is 2. The summed E-state index contributed by atoms with van der Waals surface area (Å²) >= 11 is 6.03. The van der Waals surface area contributed by atoms with Crippen LogP contribution in [0.25, 0.3) is 10.8 Å². The number of aromatic nitrogens is 1. The number of nitrogens with zero attached hydrogens (tertiary/aromatic N) is 4. The summed E-state index contributed by atoms with van der Waals surface area (Å²) in [6.07, 6.45) is 1.68. The van der Waals surface area contributed by atoms with Crippen molar-refractivity contribution in [3.63, 3.8) is 0 Å². The van der Waals surface area contributed by atoms with E-state index in [1.54, 1.807) is 55.9 Å². The molecule has 0 unspecified atom stereocenters. The minimum Gasteiger partial charge on any atom is -0.449 e. The molecule has 0 spiro atoms. The quantitative estimate of drug-likeness (QED) is 0.225. The average Bonchev–Trinajstić information content (AvgIpc) is 3.06. The normalized spacial score (nSPS) is 13.8. The molecule has 264 valence electrons. The van der Waals surface area contributed by atoms with E-state index in [-0.39, 0.29) is 43.0 Å². The molecule has 0 radical (unpaired) electrons. The molecule has 1 atom stereocenters. The fourth-order valence-electron chi connectivity index (χ4n) is 5.39. The highest BCUT2D eigenvalue weighted by atomic mass is 35.5. The third-order valence-corrected chi connectivity index (χ3v) is 8.36. The predicted molar refractivity (Wildman–Crippen MR) is 185 cm³/mol. The highest BCUT2D eigenvalue weighted by Gasteiger charge is 2.29. The minimum absolute atomic E-state index is 0.0281. The summed E-state index contributed by atoms with van der Waals surface area (Å²) in [4.78, 5) is 60.3. The van der Waals surface area contributed by atoms with Gasteiger partial charge in [-0.05, 0) is 62.6 Å². The number of anilines is 1. The Balaban J connectivity index is 1.30. The first kappa shape index (κ1) is 37.2. The summed E-state index contributed by atoms with van der Waals surface area (Å²) in [5, 5.41) is 7.21. The summed E-state index contributed by atoms with van der Waals surface area (Å²) < 4.78 is 24.7. The summed E-state index contributed by atoms with van der Waals surface area (Å²) in [6, 6.07) is 13.4. The Kier molecular flexibility index (Phi) is 13.0. The van der Waals surface area contributed by atoms with Crippen LogP contribution in [0.2, 0.25) is 5.02 Å². The fraction of sp³-hybridized carbons (Fsp3) is 0.457. The lowest BCUT2D eigenvalue weighted by Crippen LogP contribution is -2.52. The number of fused-ring (bicyclic) bond motifs is 1. The van der Waals surface area contributed by atoms with Crippen molar-refractivity contribution in [1.82, 2.24) is 25.0 Å². The molecule has 5 amide bonds. The standard InChI is InChI=1S/C35H44ClFN6O6/c1-35(2,3)49-34(47)43-16-14-42(15-17-43)30(44)19-24(23-41(4)32(45)39-22-27-12-7-13-28(37)31(27)36)9-8-18-48-33(46)40-29-20-25-10-5-6-11-26(25)21-38-29/h5-7,10-13,20-21,24H,8-9,14-19,22-23H2,1-4H3,(H,39,45)(H,38,40,46)/t24-/m1/s1. The van der Waals surface area contributed by atoms with Gasteiger partial charge in [-0.2, -0.15) is 0 Å². The molecule has 1 saturated heterocycles. The van der Waals surface area contributed by atoms with E-state index in [0.29, 0.717) is 50.4 Å². The first-order valence-corrected chi connectivity index (χ1v) is 16.6. The van der Waals surface area contributed by atoms with E-state index in [1.165, 1.54) is 17.0 Å². The second kappa shape index (κ2) is 17.1. The Bertz CT molecular complexity index is 1630. The maximum absolute atomic E-state index is 13.8. The maximum atomic E-state index is 13.8. The number of piperazine rings is 1. The molecule has 4 rings (SSSR count). The summed E-state index contributed by atoms with van der Waals surface area (Å²) in [6.45, 7) is 7.20. The van der Waals surface area contributed by atoms with Crippen LogP contribution < -0.4 is 10.6 Å². The van der Waals surface area contributed by atoms with Gasteiger partial charge in [0, 0.05) is 64.3 Å². The molecule has 0 aliphatic carbocycles. The largest absolute Gasteiger partial charge is 0.449 e. The Morgan fingerprint density at radius 3 is 2.43 bits per heavy atom. The molecular formula is C35H44ClFN6O6. The lowest BCUT2D eigenvalue weighted by Gasteiger charge is -2.36. The van der Waals surface area contributed by atoms with Crippen LogP contribution in [0.1, 0.15) is 45.6 Å². The molecule has 2 N–H and O–H groups in total. The van der Waals surface area contributed by atoms with Crippen molar-refractivity contribution in [2.24, 2.45) is 5.92 Å². The van der Waals surface area contributed by atoms with E-state index < -0.39 is 29.6 Å². The smallest absolute Gasteiger partial charge is 0.412 e. The zero-order valence-corrected chi connectivity index (χ0v) is 29.1. The van der Waals surface area contributed by atoms with Crippen LogP contribution in [0.4, 0.5) is 24.6 Å². The molecule has 1 fully saturated rings. The number of hydrogen-bond donors (Lipinski definition) is 2. The predicted octanol–water partition coefficient (Wildman–Crippen LogP) is 6.28. The van der Waals surface area contributed by atoms with Gasteiger partial charge < -0.3 is 29.5 Å². The molecule has 1 aliphatic rings. The molecule has 0 bridgehead atoms. The third-order valence-electron chi connectivity index (χ3n) is 7.94. The molecule has 1 aliphatic heterocycles. The van der Waals surface area contributed by atoms with Crippen molar-refractivity contribution in [1.29, 1.82) is 0 Å². The number of pyridine rings is 1. The minimum atomic E-state index is -0.647. The van der Waals surface area contributed by atoms with Crippen LogP contribution in [-0.4, -0.2) is 95.8 Å². The number of carbonyl (C=O) groups excluding carboxylic acids is 4. The highest BCUT2D eigenvalue weighted by molar-refractivity contribution is 6.31. The van der Waals surface area contributed by atoms with Crippen molar-refractivity contribution in [3.8, 4) is 0 Å². The zero-order chi connectivity index (χ0) is 35.6. The van der Waals surface area contributed by atoms with Gasteiger partial charge in [0.2, 0.25) is 5.91 Å². The monoisotopic (exact) mass is 698 g/mol. The van der Waals surface area contributed by atoms with E-state index in [2.05, 4.69) is 15.6 Å². The van der Waals surface area contributed by atoms with E-state index in [1.807, 2.05) is 24.3 Å². The molecule has 14 heteroatoms. The third kappa shape index (κ3) is 11.5. The van der Waals surface area contributed by atoms with Crippen LogP contribution in [0, 0.1) is 11.7 Å². The summed E-state index contributed by atoms with van der Waals surface area (Å²) in [5.41, 5.74) is -0.174. The summed E-state index contributed by atoms with van der Waals surface area (Å²) in [5.74, 6) is -0.572. The van der Waals surface area contributed by atoms with E-state index in [9.17, 15) is 23.6 Å². The van der Waals surface area contributed by atoms with Crippen molar-refractivity contribution in [2.45, 2.75) is 52.2 Å². The average molecular weight is 699 g/mol. The second-order valence-electron chi connectivity index (χ2n) is 13.0. The molecule has 1 aromatic heterocycles. The van der Waals surface area contributed by atoms with Gasteiger partial charge in [0.25, 0.3) is 0 Å². The number of amides is 5. The van der Waals surface area contributed by atoms with Crippen LogP contribution in [0.15, 0.2) is 54.7 Å². The van der Waals surface area contributed by atoms with Crippen LogP contribution >= 0.6 is 11.6 Å². The van der Waals surface area contributed by atoms with Gasteiger partial charge in [-0.25, -0.2) is 23.8 Å². The molecule has 2 heterocycles. The summed E-state index contributed by atoms with van der Waals surface area (Å²) in [7, 11) is 1.61. The Morgan fingerprint density at radius 2 is 1.71 bits per heavy atom. The van der Waals surface area contributed by atoms with Crippen molar-refractivity contribution < 1.29 is 33.0 Å². The number of carbonyl (C=O) groups is 4. The van der Waals surface area contributed by atoms with Gasteiger partial charge in [-0.1, -0.05) is 48.0 Å². The van der Waals surface area contributed by atoms with Crippen LogP contribution in [0.3, 0.4) is 0 Å². The second-order valence-corrected chi connectivity index (χ2v) is 13.4. The van der Waals surface area contributed by atoms with E-state index >= 15 is 0 Å². The van der Waals surface area contributed by atoms with E-state index in [4.69, 9.17) is 21.1 Å². The van der Waals surface area contributed by atoms with Gasteiger partial charge in [-0.15, -0.1) is 0 Å². The Hall–Kier alpha value is -4.65. The van der Waals surface area contributed by atoms with Crippen molar-refractivity contribution >= 4 is 52.3 Å². The lowest BCUT2D eigenvalue weighted by molar-refractivity contribution is -0.134. The Morgan fingerprint density at radius 1 is 1.02 bits per heavy atom. The number of hydrogen-bond acceptors (Lipinski definition) is 7. The van der Waals surface area contributed by atoms with Gasteiger partial charge >= 0.3 is 18.2 Å². The first-order chi connectivity index (χ1) is 23.3. The SMILES string of the molecule is CN(C[C@H](CCCOC(=O)Nc1cc2ccccc2cn1)CC(=O)N1CCN(C(=O)OC(C)(C)C)CC1)C(=O)NCc1cccc(F)c1Cl. The number of urea groups is 1. The lowest BCUT2D eigenvalue weighted by atomic mass is 9.98. The molecule has 2 aromatic carbocycles. The highest BCUT2D eigenvalue weighted by Crippen LogP contribution is 2.21.